The largest absolute Gasteiger partial charge is 0.368 e. The summed E-state index contributed by atoms with van der Waals surface area (Å²) in [5, 5.41) is 9.50. The normalized spacial score (nSPS) is 10.7. The third kappa shape index (κ3) is 2.73. The maximum atomic E-state index is 6.09. The lowest BCUT2D eigenvalue weighted by atomic mass is 10.2. The fraction of sp³-hybridized carbons (Fsp3) is 0.273. The molecule has 0 atom stereocenters. The van der Waals surface area contributed by atoms with Crippen LogP contribution in [0, 0.1) is 0 Å². The molecule has 0 aliphatic carbocycles. The summed E-state index contributed by atoms with van der Waals surface area (Å²) in [5.74, 6) is 1.21. The summed E-state index contributed by atoms with van der Waals surface area (Å²) in [7, 11) is 0. The second-order valence-electron chi connectivity index (χ2n) is 3.47. The zero-order valence-electron chi connectivity index (χ0n) is 9.43. The van der Waals surface area contributed by atoms with Gasteiger partial charge in [0.1, 0.15) is 0 Å². The van der Waals surface area contributed by atoms with Crippen LogP contribution in [0.5, 0.6) is 0 Å². The molecule has 0 unspecified atom stereocenters. The van der Waals surface area contributed by atoms with E-state index in [9.17, 15) is 0 Å². The molecule has 0 aliphatic rings. The first-order chi connectivity index (χ1) is 8.22. The van der Waals surface area contributed by atoms with E-state index in [1.54, 1.807) is 11.8 Å². The van der Waals surface area contributed by atoms with Crippen LogP contribution in [0.15, 0.2) is 29.4 Å². The molecule has 4 nitrogen and oxygen atoms in total. The molecule has 2 N–H and O–H groups in total. The third-order valence-corrected chi connectivity index (χ3v) is 3.76. The number of rotatable bonds is 4. The summed E-state index contributed by atoms with van der Waals surface area (Å²) in [6.45, 7) is 2.78. The molecular weight excluding hydrogens is 256 g/mol. The van der Waals surface area contributed by atoms with E-state index < -0.39 is 0 Å². The number of nitrogens with two attached hydrogens (primary N) is 1. The lowest BCUT2D eigenvalue weighted by Crippen LogP contribution is -2.02. The smallest absolute Gasteiger partial charge is 0.222 e. The lowest BCUT2D eigenvalue weighted by Gasteiger charge is -2.05. The molecule has 1 aromatic heterocycles. The minimum Gasteiger partial charge on any atom is -0.368 e. The number of nitrogens with zero attached hydrogens (tertiary/aromatic N) is 3. The second-order valence-corrected chi connectivity index (χ2v) is 4.81. The van der Waals surface area contributed by atoms with Gasteiger partial charge in [-0.2, -0.15) is 0 Å². The summed E-state index contributed by atoms with van der Waals surface area (Å²) in [6.07, 6.45) is 0. The Hall–Kier alpha value is -1.20. The molecule has 1 aromatic carbocycles. The van der Waals surface area contributed by atoms with Crippen LogP contribution in [0.4, 0.5) is 5.95 Å². The summed E-state index contributed by atoms with van der Waals surface area (Å²) >= 11 is 7.67. The van der Waals surface area contributed by atoms with Crippen molar-refractivity contribution in [3.8, 4) is 0 Å². The molecule has 0 bridgehead atoms. The Morgan fingerprint density at radius 3 is 2.82 bits per heavy atom. The average molecular weight is 269 g/mol. The van der Waals surface area contributed by atoms with Gasteiger partial charge in [-0.05, 0) is 18.6 Å². The molecule has 0 fully saturated rings. The third-order valence-electron chi connectivity index (χ3n) is 2.38. The van der Waals surface area contributed by atoms with Crippen LogP contribution < -0.4 is 5.73 Å². The van der Waals surface area contributed by atoms with Crippen LogP contribution in [0.2, 0.25) is 5.02 Å². The monoisotopic (exact) mass is 268 g/mol. The highest BCUT2D eigenvalue weighted by atomic mass is 35.5. The topological polar surface area (TPSA) is 56.7 Å². The van der Waals surface area contributed by atoms with Crippen LogP contribution in [-0.2, 0) is 12.3 Å². The second kappa shape index (κ2) is 5.42. The van der Waals surface area contributed by atoms with Gasteiger partial charge in [-0.3, -0.25) is 4.57 Å². The summed E-state index contributed by atoms with van der Waals surface area (Å²) in [6, 6.07) is 7.78. The number of halogens is 1. The van der Waals surface area contributed by atoms with Crippen molar-refractivity contribution in [1.82, 2.24) is 14.8 Å². The highest BCUT2D eigenvalue weighted by Crippen LogP contribution is 2.26. The Labute approximate surface area is 109 Å². The van der Waals surface area contributed by atoms with Gasteiger partial charge in [0.25, 0.3) is 0 Å². The zero-order chi connectivity index (χ0) is 12.3. The summed E-state index contributed by atoms with van der Waals surface area (Å²) < 4.78 is 1.88. The summed E-state index contributed by atoms with van der Waals surface area (Å²) in [5.41, 5.74) is 6.79. The number of benzene rings is 1. The molecule has 0 aliphatic heterocycles. The lowest BCUT2D eigenvalue weighted by molar-refractivity contribution is 0.689. The molecule has 2 aromatic rings. The van der Waals surface area contributed by atoms with Gasteiger partial charge >= 0.3 is 0 Å². The van der Waals surface area contributed by atoms with Gasteiger partial charge in [0.15, 0.2) is 5.16 Å². The van der Waals surface area contributed by atoms with E-state index in [1.807, 2.05) is 35.8 Å². The van der Waals surface area contributed by atoms with E-state index in [0.29, 0.717) is 5.95 Å². The number of anilines is 1. The Balaban J connectivity index is 2.10. The first kappa shape index (κ1) is 12.3. The molecule has 0 saturated heterocycles. The van der Waals surface area contributed by atoms with E-state index in [1.165, 1.54) is 0 Å². The van der Waals surface area contributed by atoms with Crippen molar-refractivity contribution in [1.29, 1.82) is 0 Å². The van der Waals surface area contributed by atoms with Gasteiger partial charge in [0.05, 0.1) is 0 Å². The fourth-order valence-electron chi connectivity index (χ4n) is 1.46. The molecular formula is C11H13ClN4S. The standard InChI is InChI=1S/C11H13ClN4S/c1-2-16-10(13)14-15-11(16)17-7-8-5-3-4-6-9(8)12/h3-6H,2,7H2,1H3,(H2,13,14). The van der Waals surface area contributed by atoms with Crippen molar-refractivity contribution < 1.29 is 0 Å². The highest BCUT2D eigenvalue weighted by molar-refractivity contribution is 7.98. The Morgan fingerprint density at radius 2 is 2.12 bits per heavy atom. The zero-order valence-corrected chi connectivity index (χ0v) is 11.0. The average Bonchev–Trinajstić information content (AvgIpc) is 2.69. The predicted octanol–water partition coefficient (Wildman–Crippen LogP) is 2.83. The van der Waals surface area contributed by atoms with E-state index in [4.69, 9.17) is 17.3 Å². The van der Waals surface area contributed by atoms with E-state index in [0.717, 1.165) is 28.0 Å². The van der Waals surface area contributed by atoms with Crippen molar-refractivity contribution in [2.45, 2.75) is 24.4 Å². The molecule has 0 saturated carbocycles. The van der Waals surface area contributed by atoms with Gasteiger partial charge in [-0.25, -0.2) is 0 Å². The SMILES string of the molecule is CCn1c(N)nnc1SCc1ccccc1Cl. The first-order valence-corrected chi connectivity index (χ1v) is 6.63. The van der Waals surface area contributed by atoms with Crippen molar-refractivity contribution >= 4 is 29.3 Å². The van der Waals surface area contributed by atoms with Gasteiger partial charge < -0.3 is 5.73 Å². The predicted molar refractivity (Wildman–Crippen MR) is 71.1 cm³/mol. The maximum Gasteiger partial charge on any atom is 0.222 e. The van der Waals surface area contributed by atoms with Gasteiger partial charge in [0, 0.05) is 17.3 Å². The first-order valence-electron chi connectivity index (χ1n) is 5.27. The van der Waals surface area contributed by atoms with E-state index in [-0.39, 0.29) is 0 Å². The van der Waals surface area contributed by atoms with Gasteiger partial charge in [-0.1, -0.05) is 41.6 Å². The Bertz CT molecular complexity index is 512. The fourth-order valence-corrected chi connectivity index (χ4v) is 2.76. The molecule has 90 valence electrons. The minimum absolute atomic E-state index is 0.453. The van der Waals surface area contributed by atoms with E-state index in [2.05, 4.69) is 10.2 Å². The number of hydrogen-bond acceptors (Lipinski definition) is 4. The van der Waals surface area contributed by atoms with Crippen LogP contribution in [0.25, 0.3) is 0 Å². The Kier molecular flexibility index (Phi) is 3.91. The quantitative estimate of drug-likeness (QED) is 0.867. The number of thioether (sulfide) groups is 1. The molecule has 1 heterocycles. The molecule has 6 heteroatoms. The van der Waals surface area contributed by atoms with Crippen molar-refractivity contribution in [2.75, 3.05) is 5.73 Å². The van der Waals surface area contributed by atoms with Crippen molar-refractivity contribution in [3.05, 3.63) is 34.9 Å². The number of aromatic nitrogens is 3. The van der Waals surface area contributed by atoms with Crippen molar-refractivity contribution in [2.24, 2.45) is 0 Å². The van der Waals surface area contributed by atoms with Crippen LogP contribution in [-0.4, -0.2) is 14.8 Å². The van der Waals surface area contributed by atoms with E-state index >= 15 is 0 Å². The molecule has 17 heavy (non-hydrogen) atoms. The maximum absolute atomic E-state index is 6.09. The minimum atomic E-state index is 0.453. The highest BCUT2D eigenvalue weighted by Gasteiger charge is 2.09. The summed E-state index contributed by atoms with van der Waals surface area (Å²) in [4.78, 5) is 0. The molecule has 2 rings (SSSR count). The van der Waals surface area contributed by atoms with Crippen LogP contribution >= 0.6 is 23.4 Å². The molecule has 0 amide bonds. The molecule has 0 spiro atoms. The van der Waals surface area contributed by atoms with Crippen LogP contribution in [0.1, 0.15) is 12.5 Å². The number of nitrogen functional groups attached to an aromatic ring is 1. The van der Waals surface area contributed by atoms with Crippen LogP contribution in [0.3, 0.4) is 0 Å². The van der Waals surface area contributed by atoms with Gasteiger partial charge in [-0.15, -0.1) is 10.2 Å². The number of hydrogen-bond donors (Lipinski definition) is 1. The van der Waals surface area contributed by atoms with Crippen molar-refractivity contribution in [3.63, 3.8) is 0 Å². The molecule has 0 radical (unpaired) electrons. The Morgan fingerprint density at radius 1 is 1.35 bits per heavy atom. The van der Waals surface area contributed by atoms with Gasteiger partial charge in [0.2, 0.25) is 5.95 Å².